The van der Waals surface area contributed by atoms with Crippen LogP contribution in [0.1, 0.15) is 22.8 Å². The number of nitrogens with one attached hydrogen (secondary N) is 2. The first kappa shape index (κ1) is 19.8. The maximum atomic E-state index is 12.4. The van der Waals surface area contributed by atoms with E-state index < -0.39 is 18.6 Å². The van der Waals surface area contributed by atoms with E-state index in [1.807, 2.05) is 0 Å². The van der Waals surface area contributed by atoms with Crippen LogP contribution in [0.15, 0.2) is 53.0 Å². The molecule has 2 amide bonds. The van der Waals surface area contributed by atoms with E-state index in [2.05, 4.69) is 31.3 Å². The third-order valence-corrected chi connectivity index (χ3v) is 4.02. The van der Waals surface area contributed by atoms with Gasteiger partial charge in [-0.05, 0) is 37.3 Å². The van der Waals surface area contributed by atoms with Crippen molar-refractivity contribution in [3.05, 3.63) is 64.1 Å². The van der Waals surface area contributed by atoms with Gasteiger partial charge in [-0.2, -0.15) is 8.78 Å². The lowest BCUT2D eigenvalue weighted by molar-refractivity contribution is -0.122. The fraction of sp³-hybridized carbons (Fsp3) is 0.222. The van der Waals surface area contributed by atoms with Crippen molar-refractivity contribution in [2.45, 2.75) is 26.1 Å². The summed E-state index contributed by atoms with van der Waals surface area (Å²) in [5.41, 5.74) is 0.830. The maximum absolute atomic E-state index is 12.4. The van der Waals surface area contributed by atoms with Crippen LogP contribution in [0.4, 0.5) is 8.78 Å². The predicted molar refractivity (Wildman–Crippen MR) is 96.0 cm³/mol. The van der Waals surface area contributed by atoms with Crippen molar-refractivity contribution in [1.82, 2.24) is 10.6 Å². The number of ether oxygens (including phenoxy) is 1. The second-order valence-electron chi connectivity index (χ2n) is 5.41. The topological polar surface area (TPSA) is 67.4 Å². The Morgan fingerprint density at radius 3 is 2.42 bits per heavy atom. The lowest BCUT2D eigenvalue weighted by Crippen LogP contribution is -2.44. The molecule has 0 spiro atoms. The average molecular weight is 427 g/mol. The Balaban J connectivity index is 1.91. The smallest absolute Gasteiger partial charge is 0.387 e. The molecule has 0 aromatic heterocycles. The zero-order valence-corrected chi connectivity index (χ0v) is 15.4. The molecule has 0 radical (unpaired) electrons. The van der Waals surface area contributed by atoms with Crippen molar-refractivity contribution in [2.75, 3.05) is 0 Å². The summed E-state index contributed by atoms with van der Waals surface area (Å²) in [4.78, 5) is 24.3. The maximum Gasteiger partial charge on any atom is 0.387 e. The van der Waals surface area contributed by atoms with Crippen LogP contribution < -0.4 is 15.4 Å². The molecule has 0 aliphatic carbocycles. The normalized spacial score (nSPS) is 11.7. The van der Waals surface area contributed by atoms with Crippen molar-refractivity contribution in [3.63, 3.8) is 0 Å². The number of amides is 2. The van der Waals surface area contributed by atoms with Crippen LogP contribution in [0.25, 0.3) is 0 Å². The molecular formula is C18H17BrF2N2O3. The molecule has 2 rings (SSSR count). The molecule has 0 bridgehead atoms. The van der Waals surface area contributed by atoms with Gasteiger partial charge in [-0.25, -0.2) is 0 Å². The molecule has 26 heavy (non-hydrogen) atoms. The first-order valence-corrected chi connectivity index (χ1v) is 8.53. The fourth-order valence-corrected chi connectivity index (χ4v) is 2.41. The predicted octanol–water partition coefficient (Wildman–Crippen LogP) is 3.49. The first-order valence-electron chi connectivity index (χ1n) is 7.73. The summed E-state index contributed by atoms with van der Waals surface area (Å²) in [7, 11) is 0. The van der Waals surface area contributed by atoms with Crippen molar-refractivity contribution in [2.24, 2.45) is 0 Å². The molecule has 138 valence electrons. The van der Waals surface area contributed by atoms with Crippen LogP contribution in [0.3, 0.4) is 0 Å². The van der Waals surface area contributed by atoms with E-state index in [0.717, 1.165) is 4.47 Å². The summed E-state index contributed by atoms with van der Waals surface area (Å²) < 4.78 is 30.0. The molecule has 0 fully saturated rings. The highest BCUT2D eigenvalue weighted by atomic mass is 79.9. The van der Waals surface area contributed by atoms with E-state index in [1.165, 1.54) is 13.0 Å². The number of rotatable bonds is 7. The lowest BCUT2D eigenvalue weighted by atomic mass is 10.2. The van der Waals surface area contributed by atoms with Crippen LogP contribution in [0.2, 0.25) is 0 Å². The number of para-hydroxylation sites is 1. The third kappa shape index (κ3) is 5.80. The van der Waals surface area contributed by atoms with E-state index >= 15 is 0 Å². The molecule has 0 aliphatic heterocycles. The van der Waals surface area contributed by atoms with Crippen molar-refractivity contribution in [3.8, 4) is 5.75 Å². The SMILES string of the molecule is CC(NC(=O)c1ccc(Br)cc1)C(=O)NCc1ccccc1OC(F)F. The monoisotopic (exact) mass is 426 g/mol. The van der Waals surface area contributed by atoms with E-state index in [1.54, 1.807) is 42.5 Å². The van der Waals surface area contributed by atoms with Gasteiger partial charge in [0.05, 0.1) is 0 Å². The Morgan fingerprint density at radius 1 is 1.12 bits per heavy atom. The summed E-state index contributed by atoms with van der Waals surface area (Å²) in [5, 5.41) is 5.17. The minimum Gasteiger partial charge on any atom is -0.434 e. The minimum atomic E-state index is -2.95. The third-order valence-electron chi connectivity index (χ3n) is 3.49. The van der Waals surface area contributed by atoms with E-state index in [9.17, 15) is 18.4 Å². The Labute approximate surface area is 157 Å². The summed E-state index contributed by atoms with van der Waals surface area (Å²) in [5.74, 6) is -0.835. The average Bonchev–Trinajstić information content (AvgIpc) is 2.60. The molecular weight excluding hydrogens is 410 g/mol. The van der Waals surface area contributed by atoms with Crippen molar-refractivity contribution in [1.29, 1.82) is 0 Å². The lowest BCUT2D eigenvalue weighted by Gasteiger charge is -2.15. The number of halogens is 3. The highest BCUT2D eigenvalue weighted by Gasteiger charge is 2.17. The van der Waals surface area contributed by atoms with Gasteiger partial charge in [-0.1, -0.05) is 34.1 Å². The molecule has 1 atom stereocenters. The summed E-state index contributed by atoms with van der Waals surface area (Å²) in [6, 6.07) is 12.1. The molecule has 0 heterocycles. The standard InChI is InChI=1S/C18H17BrF2N2O3/c1-11(23-17(25)12-6-8-14(19)9-7-12)16(24)22-10-13-4-2-3-5-15(13)26-18(20)21/h2-9,11,18H,10H2,1H3,(H,22,24)(H,23,25). The van der Waals surface area contributed by atoms with Gasteiger partial charge in [0, 0.05) is 22.1 Å². The highest BCUT2D eigenvalue weighted by Crippen LogP contribution is 2.20. The largest absolute Gasteiger partial charge is 0.434 e. The van der Waals surface area contributed by atoms with Gasteiger partial charge < -0.3 is 15.4 Å². The number of carbonyl (C=O) groups is 2. The molecule has 1 unspecified atom stereocenters. The van der Waals surface area contributed by atoms with Gasteiger partial charge in [0.1, 0.15) is 11.8 Å². The fourth-order valence-electron chi connectivity index (χ4n) is 2.14. The Kier molecular flexibility index (Phi) is 7.08. The Bertz CT molecular complexity index is 769. The molecule has 0 saturated carbocycles. The number of alkyl halides is 2. The van der Waals surface area contributed by atoms with Crippen LogP contribution in [-0.4, -0.2) is 24.5 Å². The second kappa shape index (κ2) is 9.28. The summed E-state index contributed by atoms with van der Waals surface area (Å²) >= 11 is 3.28. The van der Waals surface area contributed by atoms with Crippen LogP contribution in [0.5, 0.6) is 5.75 Å². The number of carbonyl (C=O) groups excluding carboxylic acids is 2. The van der Waals surface area contributed by atoms with Gasteiger partial charge in [0.15, 0.2) is 0 Å². The zero-order valence-electron chi connectivity index (χ0n) is 13.8. The first-order chi connectivity index (χ1) is 12.4. The second-order valence-corrected chi connectivity index (χ2v) is 6.32. The summed E-state index contributed by atoms with van der Waals surface area (Å²) in [6.45, 7) is -1.41. The molecule has 0 aliphatic rings. The molecule has 5 nitrogen and oxygen atoms in total. The van der Waals surface area contributed by atoms with Gasteiger partial charge in [0.25, 0.3) is 5.91 Å². The minimum absolute atomic E-state index is 0.000219. The molecule has 0 saturated heterocycles. The Hall–Kier alpha value is -2.48. The van der Waals surface area contributed by atoms with Crippen molar-refractivity contribution < 1.29 is 23.1 Å². The highest BCUT2D eigenvalue weighted by molar-refractivity contribution is 9.10. The van der Waals surface area contributed by atoms with Gasteiger partial charge in [-0.15, -0.1) is 0 Å². The Morgan fingerprint density at radius 2 is 1.77 bits per heavy atom. The molecule has 2 aromatic carbocycles. The number of hydrogen-bond acceptors (Lipinski definition) is 3. The summed E-state index contributed by atoms with van der Waals surface area (Å²) in [6.07, 6.45) is 0. The van der Waals surface area contributed by atoms with Crippen LogP contribution in [0, 0.1) is 0 Å². The quantitative estimate of drug-likeness (QED) is 0.711. The zero-order chi connectivity index (χ0) is 19.1. The van der Waals surface area contributed by atoms with E-state index in [4.69, 9.17) is 0 Å². The molecule has 2 aromatic rings. The van der Waals surface area contributed by atoms with Crippen molar-refractivity contribution >= 4 is 27.7 Å². The molecule has 8 heteroatoms. The number of hydrogen-bond donors (Lipinski definition) is 2. The van der Waals surface area contributed by atoms with Gasteiger partial charge >= 0.3 is 6.61 Å². The van der Waals surface area contributed by atoms with Gasteiger partial charge in [0.2, 0.25) is 5.91 Å². The molecule has 2 N–H and O–H groups in total. The van der Waals surface area contributed by atoms with Gasteiger partial charge in [-0.3, -0.25) is 9.59 Å². The van der Waals surface area contributed by atoms with E-state index in [-0.39, 0.29) is 18.2 Å². The van der Waals surface area contributed by atoms with E-state index in [0.29, 0.717) is 11.1 Å². The number of benzene rings is 2. The van der Waals surface area contributed by atoms with Crippen LogP contribution >= 0.6 is 15.9 Å². The van der Waals surface area contributed by atoms with Crippen LogP contribution in [-0.2, 0) is 11.3 Å².